The second-order valence-electron chi connectivity index (χ2n) is 5.31. The smallest absolute Gasteiger partial charge is 0.129 e. The van der Waals surface area contributed by atoms with E-state index in [0.29, 0.717) is 6.61 Å². The molecule has 1 aliphatic heterocycles. The predicted octanol–water partition coefficient (Wildman–Crippen LogP) is 2.51. The largest absolute Gasteiger partial charge is 0.392 e. The molecule has 1 N–H and O–H groups in total. The van der Waals surface area contributed by atoms with Crippen molar-refractivity contribution in [3.63, 3.8) is 0 Å². The summed E-state index contributed by atoms with van der Waals surface area (Å²) in [6, 6.07) is 9.95. The summed E-state index contributed by atoms with van der Waals surface area (Å²) in [4.78, 5) is 6.97. The van der Waals surface area contributed by atoms with Crippen LogP contribution in [0.5, 0.6) is 0 Å². The standard InChI is InChI=1S/C17H20N2O2/c1-21-12-13-6-8-19(9-7-13)17-10-14(11-20)15-4-2-3-5-16(15)18-17/h2-6,10,20H,7-9,11-12H2,1H3. The van der Waals surface area contributed by atoms with Crippen LogP contribution in [0.15, 0.2) is 42.0 Å². The minimum Gasteiger partial charge on any atom is -0.392 e. The summed E-state index contributed by atoms with van der Waals surface area (Å²) in [5.41, 5.74) is 3.21. The normalized spacial score (nSPS) is 15.3. The van der Waals surface area contributed by atoms with Gasteiger partial charge in [-0.15, -0.1) is 0 Å². The topological polar surface area (TPSA) is 45.6 Å². The molecular weight excluding hydrogens is 264 g/mol. The number of rotatable bonds is 4. The zero-order chi connectivity index (χ0) is 14.7. The van der Waals surface area contributed by atoms with E-state index in [1.807, 2.05) is 30.3 Å². The molecule has 4 heteroatoms. The predicted molar refractivity (Wildman–Crippen MR) is 84.5 cm³/mol. The zero-order valence-electron chi connectivity index (χ0n) is 12.2. The van der Waals surface area contributed by atoms with Gasteiger partial charge in [-0.1, -0.05) is 24.3 Å². The second-order valence-corrected chi connectivity index (χ2v) is 5.31. The van der Waals surface area contributed by atoms with Gasteiger partial charge in [0.2, 0.25) is 0 Å². The molecule has 0 saturated carbocycles. The highest BCUT2D eigenvalue weighted by atomic mass is 16.5. The number of methoxy groups -OCH3 is 1. The van der Waals surface area contributed by atoms with E-state index in [4.69, 9.17) is 9.72 Å². The van der Waals surface area contributed by atoms with E-state index in [-0.39, 0.29) is 6.61 Å². The molecule has 0 aliphatic carbocycles. The minimum atomic E-state index is 0.0363. The number of aromatic nitrogens is 1. The number of benzene rings is 1. The van der Waals surface area contributed by atoms with Gasteiger partial charge in [0.1, 0.15) is 5.82 Å². The molecule has 3 rings (SSSR count). The van der Waals surface area contributed by atoms with Crippen LogP contribution in [0, 0.1) is 0 Å². The number of anilines is 1. The molecule has 21 heavy (non-hydrogen) atoms. The van der Waals surface area contributed by atoms with Crippen molar-refractivity contribution in [3.8, 4) is 0 Å². The number of para-hydroxylation sites is 1. The maximum Gasteiger partial charge on any atom is 0.129 e. The molecule has 0 spiro atoms. The van der Waals surface area contributed by atoms with Crippen LogP contribution in [-0.2, 0) is 11.3 Å². The first-order valence-electron chi connectivity index (χ1n) is 7.23. The maximum atomic E-state index is 9.60. The Balaban J connectivity index is 1.91. The molecule has 0 unspecified atom stereocenters. The fraction of sp³-hybridized carbons (Fsp3) is 0.353. The van der Waals surface area contributed by atoms with Crippen LogP contribution < -0.4 is 4.90 Å². The van der Waals surface area contributed by atoms with E-state index in [1.165, 1.54) is 5.57 Å². The van der Waals surface area contributed by atoms with E-state index in [0.717, 1.165) is 41.8 Å². The number of nitrogens with zero attached hydrogens (tertiary/aromatic N) is 2. The molecule has 110 valence electrons. The first kappa shape index (κ1) is 14.0. The Morgan fingerprint density at radius 3 is 2.90 bits per heavy atom. The van der Waals surface area contributed by atoms with Crippen molar-refractivity contribution in [2.24, 2.45) is 0 Å². The lowest BCUT2D eigenvalue weighted by Gasteiger charge is -2.28. The Hall–Kier alpha value is -1.91. The van der Waals surface area contributed by atoms with Crippen molar-refractivity contribution in [2.75, 3.05) is 31.7 Å². The summed E-state index contributed by atoms with van der Waals surface area (Å²) in [5, 5.41) is 10.6. The maximum absolute atomic E-state index is 9.60. The number of fused-ring (bicyclic) bond motifs is 1. The van der Waals surface area contributed by atoms with E-state index in [2.05, 4.69) is 11.0 Å². The van der Waals surface area contributed by atoms with Crippen molar-refractivity contribution in [1.29, 1.82) is 0 Å². The third kappa shape index (κ3) is 2.91. The number of hydrogen-bond donors (Lipinski definition) is 1. The molecule has 0 saturated heterocycles. The average Bonchev–Trinajstić information content (AvgIpc) is 2.55. The van der Waals surface area contributed by atoms with Gasteiger partial charge in [-0.05, 0) is 29.7 Å². The number of aliphatic hydroxyl groups is 1. The van der Waals surface area contributed by atoms with Gasteiger partial charge in [0.05, 0.1) is 18.7 Å². The molecule has 0 bridgehead atoms. The highest BCUT2D eigenvalue weighted by Crippen LogP contribution is 2.25. The van der Waals surface area contributed by atoms with Gasteiger partial charge in [0.15, 0.2) is 0 Å². The summed E-state index contributed by atoms with van der Waals surface area (Å²) in [5.74, 6) is 0.936. The quantitative estimate of drug-likeness (QED) is 0.876. The summed E-state index contributed by atoms with van der Waals surface area (Å²) in [6.07, 6.45) is 3.21. The van der Waals surface area contributed by atoms with Crippen LogP contribution in [0.3, 0.4) is 0 Å². The molecule has 0 amide bonds. The summed E-state index contributed by atoms with van der Waals surface area (Å²) in [6.45, 7) is 2.52. The Morgan fingerprint density at radius 2 is 2.19 bits per heavy atom. The third-order valence-corrected chi connectivity index (χ3v) is 3.92. The molecule has 0 fully saturated rings. The van der Waals surface area contributed by atoms with Gasteiger partial charge in [-0.25, -0.2) is 4.98 Å². The van der Waals surface area contributed by atoms with E-state index in [9.17, 15) is 5.11 Å². The molecular formula is C17H20N2O2. The van der Waals surface area contributed by atoms with Crippen molar-refractivity contribution >= 4 is 16.7 Å². The summed E-state index contributed by atoms with van der Waals surface area (Å²) in [7, 11) is 1.73. The molecule has 1 aromatic heterocycles. The van der Waals surface area contributed by atoms with E-state index in [1.54, 1.807) is 7.11 Å². The Labute approximate surface area is 124 Å². The van der Waals surface area contributed by atoms with Crippen LogP contribution in [-0.4, -0.2) is 36.9 Å². The van der Waals surface area contributed by atoms with Crippen LogP contribution in [0.4, 0.5) is 5.82 Å². The lowest BCUT2D eigenvalue weighted by atomic mass is 10.1. The number of hydrogen-bond acceptors (Lipinski definition) is 4. The van der Waals surface area contributed by atoms with Gasteiger partial charge >= 0.3 is 0 Å². The Bertz CT molecular complexity index is 667. The lowest BCUT2D eigenvalue weighted by Crippen LogP contribution is -2.30. The first-order valence-corrected chi connectivity index (χ1v) is 7.23. The number of aliphatic hydroxyl groups excluding tert-OH is 1. The molecule has 2 heterocycles. The fourth-order valence-electron chi connectivity index (χ4n) is 2.76. The Morgan fingerprint density at radius 1 is 1.33 bits per heavy atom. The van der Waals surface area contributed by atoms with Crippen LogP contribution in [0.25, 0.3) is 10.9 Å². The third-order valence-electron chi connectivity index (χ3n) is 3.92. The van der Waals surface area contributed by atoms with Crippen LogP contribution in [0.1, 0.15) is 12.0 Å². The van der Waals surface area contributed by atoms with Crippen molar-refractivity contribution in [3.05, 3.63) is 47.5 Å². The molecule has 4 nitrogen and oxygen atoms in total. The van der Waals surface area contributed by atoms with Crippen molar-refractivity contribution in [2.45, 2.75) is 13.0 Å². The van der Waals surface area contributed by atoms with Crippen molar-refractivity contribution < 1.29 is 9.84 Å². The highest BCUT2D eigenvalue weighted by Gasteiger charge is 2.15. The fourth-order valence-corrected chi connectivity index (χ4v) is 2.76. The lowest BCUT2D eigenvalue weighted by molar-refractivity contribution is 0.222. The summed E-state index contributed by atoms with van der Waals surface area (Å²) >= 11 is 0. The molecule has 0 atom stereocenters. The van der Waals surface area contributed by atoms with Gasteiger partial charge in [-0.2, -0.15) is 0 Å². The molecule has 1 aromatic carbocycles. The van der Waals surface area contributed by atoms with E-state index >= 15 is 0 Å². The van der Waals surface area contributed by atoms with Gasteiger partial charge in [-0.3, -0.25) is 0 Å². The van der Waals surface area contributed by atoms with Gasteiger partial charge in [0, 0.05) is 25.6 Å². The number of pyridine rings is 1. The van der Waals surface area contributed by atoms with Crippen molar-refractivity contribution in [1.82, 2.24) is 4.98 Å². The Kier molecular flexibility index (Phi) is 4.18. The highest BCUT2D eigenvalue weighted by molar-refractivity contribution is 5.84. The average molecular weight is 284 g/mol. The molecule has 2 aromatic rings. The first-order chi connectivity index (χ1) is 10.3. The van der Waals surface area contributed by atoms with Gasteiger partial charge in [0.25, 0.3) is 0 Å². The number of ether oxygens (including phenoxy) is 1. The molecule has 1 aliphatic rings. The van der Waals surface area contributed by atoms with Gasteiger partial charge < -0.3 is 14.7 Å². The molecule has 0 radical (unpaired) electrons. The monoisotopic (exact) mass is 284 g/mol. The second kappa shape index (κ2) is 6.24. The van der Waals surface area contributed by atoms with E-state index < -0.39 is 0 Å². The van der Waals surface area contributed by atoms with Crippen LogP contribution >= 0.6 is 0 Å². The minimum absolute atomic E-state index is 0.0363. The van der Waals surface area contributed by atoms with Crippen LogP contribution in [0.2, 0.25) is 0 Å². The summed E-state index contributed by atoms with van der Waals surface area (Å²) < 4.78 is 5.18. The zero-order valence-corrected chi connectivity index (χ0v) is 12.2. The SMILES string of the molecule is COCC1=CCN(c2cc(CO)c3ccccc3n2)CC1.